The van der Waals surface area contributed by atoms with Crippen molar-refractivity contribution in [3.63, 3.8) is 0 Å². The summed E-state index contributed by atoms with van der Waals surface area (Å²) in [4.78, 5) is 0. The maximum Gasteiger partial charge on any atom is 4.00 e. The Morgan fingerprint density at radius 1 is 0.308 bits per heavy atom. The Hall–Kier alpha value is 2.98. The molecule has 0 bridgehead atoms. The molecular formula is H8Al2O7Si2Zr2. The van der Waals surface area contributed by atoms with E-state index in [0.717, 1.165) is 0 Å². The van der Waals surface area contributed by atoms with Crippen LogP contribution in [0.15, 0.2) is 0 Å². The molecule has 0 saturated carbocycles. The van der Waals surface area contributed by atoms with Gasteiger partial charge in [-0.3, -0.25) is 0 Å². The summed E-state index contributed by atoms with van der Waals surface area (Å²) in [5.74, 6) is 0. The molecule has 0 spiro atoms. The molecule has 0 aromatic heterocycles. The second-order valence-electron chi connectivity index (χ2n) is 0. The summed E-state index contributed by atoms with van der Waals surface area (Å²) in [6.07, 6.45) is 0. The van der Waals surface area contributed by atoms with E-state index in [1.165, 1.54) is 0 Å². The van der Waals surface area contributed by atoms with Crippen molar-refractivity contribution >= 4 is 56.7 Å². The van der Waals surface area contributed by atoms with E-state index in [9.17, 15) is 0 Å². The molecule has 0 aliphatic carbocycles. The largest absolute Gasteiger partial charge is 4.00 e. The fourth-order valence-corrected chi connectivity index (χ4v) is 0. The number of hydrogen-bond acceptors (Lipinski definition) is 0. The molecule has 0 atom stereocenters. The van der Waals surface area contributed by atoms with Crippen LogP contribution in [0.4, 0.5) is 0 Å². The van der Waals surface area contributed by atoms with E-state index in [4.69, 9.17) is 0 Å². The Labute approximate surface area is 146 Å². The first-order chi connectivity index (χ1) is 0. The van der Waals surface area contributed by atoms with Crippen LogP contribution < -0.4 is 0 Å². The Balaban J connectivity index is 0. The molecule has 0 N–H and O–H groups in total. The molecule has 0 amide bonds. The van der Waals surface area contributed by atoms with Crippen LogP contribution in [0.5, 0.6) is 0 Å². The van der Waals surface area contributed by atoms with Gasteiger partial charge < -0.3 is 38.3 Å². The first-order valence-corrected chi connectivity index (χ1v) is 0. The van der Waals surface area contributed by atoms with Crippen LogP contribution in [0.3, 0.4) is 0 Å². The Morgan fingerprint density at radius 2 is 0.308 bits per heavy atom. The molecule has 0 aromatic rings. The van der Waals surface area contributed by atoms with Gasteiger partial charge in [-0.15, -0.1) is 0 Å². The summed E-state index contributed by atoms with van der Waals surface area (Å²) in [6.45, 7) is 0. The van der Waals surface area contributed by atoms with Crippen molar-refractivity contribution in [1.29, 1.82) is 0 Å². The van der Waals surface area contributed by atoms with Crippen LogP contribution >= 0.6 is 0 Å². The van der Waals surface area contributed by atoms with Gasteiger partial charge in [-0.1, -0.05) is 0 Å². The predicted molar refractivity (Wildman–Crippen MR) is 39.0 cm³/mol. The van der Waals surface area contributed by atoms with E-state index < -0.39 is 0 Å². The molecule has 0 radical (unpaired) electrons. The molecular weight excluding hydrogens is 405 g/mol. The van der Waals surface area contributed by atoms with Gasteiger partial charge in [0, 0.05) is 0 Å². The average Bonchev–Trinajstić information content (AvgIpc) is 0. The molecule has 0 heterocycles. The first kappa shape index (κ1) is 403. The number of rotatable bonds is 0. The molecule has 0 saturated heterocycles. The quantitative estimate of drug-likeness (QED) is 0.345. The Kier molecular flexibility index (Phi) is 10200. The summed E-state index contributed by atoms with van der Waals surface area (Å²) < 4.78 is 0. The molecule has 0 aromatic carbocycles. The second kappa shape index (κ2) is 329. The smallest absolute Gasteiger partial charge is 2.00 e. The maximum atomic E-state index is 0. The van der Waals surface area contributed by atoms with Crippen molar-refractivity contribution in [2.45, 2.75) is 0 Å². The van der Waals surface area contributed by atoms with Crippen LogP contribution in [0.1, 0.15) is 0 Å². The number of hydrogen-bond donors (Lipinski definition) is 0. The topological polar surface area (TPSA) is 200 Å². The van der Waals surface area contributed by atoms with Gasteiger partial charge in [-0.25, -0.2) is 0 Å². The van der Waals surface area contributed by atoms with E-state index in [0.29, 0.717) is 0 Å². The monoisotopic (exact) mass is 410 g/mol. The fourth-order valence-electron chi connectivity index (χ4n) is 0. The van der Waals surface area contributed by atoms with Crippen molar-refractivity contribution in [2.75, 3.05) is 0 Å². The summed E-state index contributed by atoms with van der Waals surface area (Å²) in [5.41, 5.74) is 0. The zero-order valence-corrected chi connectivity index (χ0v) is 12.2. The minimum atomic E-state index is 0. The summed E-state index contributed by atoms with van der Waals surface area (Å²) >= 11 is 0. The maximum absolute atomic E-state index is 0. The van der Waals surface area contributed by atoms with E-state index in [1.54, 1.807) is 0 Å². The van der Waals surface area contributed by atoms with Gasteiger partial charge in [-0.05, 0) is 21.9 Å². The third-order valence-electron chi connectivity index (χ3n) is 0. The molecule has 72 valence electrons. The molecule has 7 nitrogen and oxygen atoms in total. The molecule has 0 fully saturated rings. The summed E-state index contributed by atoms with van der Waals surface area (Å²) in [6, 6.07) is 0. The van der Waals surface area contributed by atoms with Crippen LogP contribution in [-0.2, 0) is 90.7 Å². The molecule has 13 heavy (non-hydrogen) atoms. The third-order valence-corrected chi connectivity index (χ3v) is 0. The van der Waals surface area contributed by atoms with Gasteiger partial charge in [0.2, 0.25) is 0 Å². The zero-order chi connectivity index (χ0) is 0. The Morgan fingerprint density at radius 3 is 0.308 bits per heavy atom. The van der Waals surface area contributed by atoms with Crippen LogP contribution in [-0.4, -0.2) is 56.7 Å². The molecule has 0 unspecified atom stereocenters. The predicted octanol–water partition coefficient (Wildman–Crippen LogP) is -4.50. The van der Waals surface area contributed by atoms with E-state index in [1.807, 2.05) is 0 Å². The molecule has 13 heteroatoms. The molecule has 0 rings (SSSR count). The Bertz CT molecular complexity index is 22.5. The summed E-state index contributed by atoms with van der Waals surface area (Å²) in [7, 11) is 0. The average molecular weight is 413 g/mol. The minimum Gasteiger partial charge on any atom is -2.00 e. The first-order valence-electron chi connectivity index (χ1n) is 0. The van der Waals surface area contributed by atoms with Crippen molar-refractivity contribution in [3.8, 4) is 0 Å². The van der Waals surface area contributed by atoms with E-state index in [-0.39, 0.29) is 147 Å². The third kappa shape index (κ3) is 284. The van der Waals surface area contributed by atoms with Gasteiger partial charge in [0.05, 0.1) is 0 Å². The zero-order valence-electron chi connectivity index (χ0n) is 5.01. The second-order valence-corrected chi connectivity index (χ2v) is 0. The standard InChI is InChI=1S/2Al.7O.2H4Si.2Zr/h;;;;;;;;;2*1H4;;/q2*+3;7*-2;;;2*+4. The normalized spacial score (nSPS) is 0. The van der Waals surface area contributed by atoms with Crippen molar-refractivity contribution in [1.82, 2.24) is 0 Å². The van der Waals surface area contributed by atoms with Crippen LogP contribution in [0, 0.1) is 0 Å². The molecule has 0 aliphatic rings. The van der Waals surface area contributed by atoms with Crippen molar-refractivity contribution in [3.05, 3.63) is 0 Å². The van der Waals surface area contributed by atoms with E-state index in [2.05, 4.69) is 0 Å². The van der Waals surface area contributed by atoms with E-state index >= 15 is 0 Å². The van der Waals surface area contributed by atoms with Crippen molar-refractivity contribution in [2.24, 2.45) is 0 Å². The van der Waals surface area contributed by atoms with Gasteiger partial charge >= 0.3 is 87.1 Å². The SMILES string of the molecule is [Al+3].[Al+3].[O-2].[O-2].[O-2].[O-2].[O-2].[O-2].[O-2].[SiH4].[SiH4].[Zr+4].[Zr+4]. The minimum absolute atomic E-state index is 0. The van der Waals surface area contributed by atoms with Gasteiger partial charge in [-0.2, -0.15) is 0 Å². The van der Waals surface area contributed by atoms with Crippen LogP contribution in [0.2, 0.25) is 0 Å². The van der Waals surface area contributed by atoms with Gasteiger partial charge in [0.15, 0.2) is 0 Å². The van der Waals surface area contributed by atoms with Crippen LogP contribution in [0.25, 0.3) is 0 Å². The summed E-state index contributed by atoms with van der Waals surface area (Å²) in [5, 5.41) is 0. The fraction of sp³-hybridized carbons (Fsp3) is 0. The van der Waals surface area contributed by atoms with Gasteiger partial charge in [0.1, 0.15) is 0 Å². The van der Waals surface area contributed by atoms with Gasteiger partial charge in [0.25, 0.3) is 0 Å². The van der Waals surface area contributed by atoms with Crippen molar-refractivity contribution < 1.29 is 90.7 Å². The molecule has 0 aliphatic heterocycles.